The number of hydrogen-bond acceptors (Lipinski definition) is 11. The summed E-state index contributed by atoms with van der Waals surface area (Å²) in [4.78, 5) is 53.6. The van der Waals surface area contributed by atoms with Crippen LogP contribution in [0.3, 0.4) is 0 Å². The number of nitrogens with zero attached hydrogens (tertiary/aromatic N) is 2. The number of para-hydroxylation sites is 1. The van der Waals surface area contributed by atoms with Gasteiger partial charge < -0.3 is 44.0 Å². The van der Waals surface area contributed by atoms with Gasteiger partial charge >= 0.3 is 6.16 Å². The Hall–Kier alpha value is -6.57. The molecule has 14 nitrogen and oxygen atoms in total. The third-order valence-corrected chi connectivity index (χ3v) is 11.4. The number of methoxy groups -OCH3 is 1. The van der Waals surface area contributed by atoms with Crippen molar-refractivity contribution in [1.82, 2.24) is 25.6 Å². The largest absolute Gasteiger partial charge is 0.508 e. The van der Waals surface area contributed by atoms with Crippen molar-refractivity contribution in [2.75, 3.05) is 12.4 Å². The number of carbonyl (C=O) groups is 3. The molecular weight excluding hydrogens is 716 g/mol. The van der Waals surface area contributed by atoms with Crippen LogP contribution >= 0.6 is 0 Å². The Balaban J connectivity index is 1.22. The summed E-state index contributed by atoms with van der Waals surface area (Å²) < 4.78 is 30.4. The van der Waals surface area contributed by atoms with E-state index in [4.69, 9.17) is 28.3 Å². The van der Waals surface area contributed by atoms with Crippen molar-refractivity contribution < 1.29 is 37.4 Å². The van der Waals surface area contributed by atoms with E-state index < -0.39 is 53.7 Å². The fraction of sp³-hybridized carbons (Fsp3) is 0.310. The fourth-order valence-electron chi connectivity index (χ4n) is 8.76. The van der Waals surface area contributed by atoms with Crippen molar-refractivity contribution in [2.45, 2.75) is 63.9 Å². The third-order valence-electron chi connectivity index (χ3n) is 11.4. The number of oxazole rings is 2. The van der Waals surface area contributed by atoms with Gasteiger partial charge in [-0.15, -0.1) is 0 Å². The highest BCUT2D eigenvalue weighted by atomic mass is 16.7. The number of fused-ring (bicyclic) bond motifs is 7. The second kappa shape index (κ2) is 12.2. The summed E-state index contributed by atoms with van der Waals surface area (Å²) in [6.07, 6.45) is 0.861. The molecule has 3 aromatic heterocycles. The summed E-state index contributed by atoms with van der Waals surface area (Å²) in [6, 6.07) is 16.3. The van der Waals surface area contributed by atoms with Gasteiger partial charge in [-0.25, -0.2) is 14.8 Å². The molecule has 4 N–H and O–H groups in total. The van der Waals surface area contributed by atoms with E-state index in [-0.39, 0.29) is 24.1 Å². The Kier molecular flexibility index (Phi) is 7.41. The van der Waals surface area contributed by atoms with Crippen LogP contribution in [0.4, 0.5) is 10.5 Å². The molecule has 0 radical (unpaired) electrons. The molecule has 4 aliphatic rings. The first kappa shape index (κ1) is 34.0. The zero-order chi connectivity index (χ0) is 38.6. The summed E-state index contributed by atoms with van der Waals surface area (Å²) in [5.41, 5.74) is 6.37. The molecule has 3 aromatic carbocycles. The van der Waals surface area contributed by atoms with Crippen LogP contribution in [-0.4, -0.2) is 58.4 Å². The number of ether oxygens (including phenoxy) is 3. The second-order valence-corrected chi connectivity index (χ2v) is 15.4. The fourth-order valence-corrected chi connectivity index (χ4v) is 8.76. The van der Waals surface area contributed by atoms with E-state index >= 15 is 0 Å². The number of hydrogen-bond donors (Lipinski definition) is 4. The third kappa shape index (κ3) is 4.77. The molecule has 56 heavy (non-hydrogen) atoms. The Bertz CT molecular complexity index is 2620. The highest BCUT2D eigenvalue weighted by molar-refractivity contribution is 6.07. The molecule has 4 aliphatic heterocycles. The van der Waals surface area contributed by atoms with Crippen LogP contribution in [0.1, 0.15) is 62.1 Å². The maximum Gasteiger partial charge on any atom is 0.508 e. The minimum atomic E-state index is -1.21. The van der Waals surface area contributed by atoms with Gasteiger partial charge in [-0.2, -0.15) is 0 Å². The maximum atomic E-state index is 14.4. The van der Waals surface area contributed by atoms with Gasteiger partial charge in [0.25, 0.3) is 5.91 Å². The average Bonchev–Trinajstić information content (AvgIpc) is 4.01. The molecule has 0 saturated heterocycles. The lowest BCUT2D eigenvalue weighted by Crippen LogP contribution is -2.53. The van der Waals surface area contributed by atoms with Gasteiger partial charge in [-0.05, 0) is 35.1 Å². The van der Waals surface area contributed by atoms with E-state index in [0.717, 1.165) is 50.0 Å². The molecule has 10 rings (SSSR count). The number of nitrogens with one attached hydrogen (secondary N) is 4. The predicted molar refractivity (Wildman–Crippen MR) is 203 cm³/mol. The molecule has 5 atom stereocenters. The minimum Gasteiger partial charge on any atom is -0.469 e. The quantitative estimate of drug-likeness (QED) is 0.139. The van der Waals surface area contributed by atoms with Gasteiger partial charge in [0.05, 0.1) is 13.3 Å². The van der Waals surface area contributed by atoms with Gasteiger partial charge in [0.1, 0.15) is 23.2 Å². The van der Waals surface area contributed by atoms with Gasteiger partial charge in [0.2, 0.25) is 17.7 Å². The average molecular weight is 755 g/mol. The number of rotatable bonds is 5. The van der Waals surface area contributed by atoms with Crippen LogP contribution in [0.5, 0.6) is 5.75 Å². The van der Waals surface area contributed by atoms with Gasteiger partial charge in [-0.3, -0.25) is 9.59 Å². The van der Waals surface area contributed by atoms with Crippen molar-refractivity contribution in [1.29, 1.82) is 0 Å². The zero-order valence-electron chi connectivity index (χ0n) is 31.2. The number of H-pyrrole nitrogens is 1. The molecule has 2 amide bonds. The van der Waals surface area contributed by atoms with Crippen molar-refractivity contribution in [3.63, 3.8) is 0 Å². The van der Waals surface area contributed by atoms with Crippen molar-refractivity contribution in [3.8, 4) is 39.8 Å². The van der Waals surface area contributed by atoms with E-state index in [1.54, 1.807) is 20.0 Å². The highest BCUT2D eigenvalue weighted by Crippen LogP contribution is 2.61. The molecule has 1 spiro atoms. The van der Waals surface area contributed by atoms with Crippen LogP contribution in [-0.2, 0) is 30.9 Å². The number of aromatic amines is 1. The molecule has 2 unspecified atom stereocenters. The van der Waals surface area contributed by atoms with E-state index in [1.165, 1.54) is 7.11 Å². The Morgan fingerprint density at radius 1 is 0.982 bits per heavy atom. The minimum absolute atomic E-state index is 0.111. The lowest BCUT2D eigenvalue weighted by atomic mass is 9.72. The zero-order valence-corrected chi connectivity index (χ0v) is 31.2. The summed E-state index contributed by atoms with van der Waals surface area (Å²) in [7, 11) is 1.17. The van der Waals surface area contributed by atoms with Crippen LogP contribution in [0.25, 0.3) is 44.9 Å². The van der Waals surface area contributed by atoms with E-state index in [1.807, 2.05) is 56.4 Å². The van der Waals surface area contributed by atoms with E-state index in [9.17, 15) is 14.4 Å². The summed E-state index contributed by atoms with van der Waals surface area (Å²) in [5.74, 6) is 0.395. The van der Waals surface area contributed by atoms with Crippen molar-refractivity contribution >= 4 is 34.6 Å². The first-order valence-corrected chi connectivity index (χ1v) is 18.7. The normalized spacial score (nSPS) is 21.6. The van der Waals surface area contributed by atoms with Gasteiger partial charge in [0.15, 0.2) is 29.5 Å². The van der Waals surface area contributed by atoms with Crippen LogP contribution in [0, 0.1) is 11.8 Å². The van der Waals surface area contributed by atoms with Crippen molar-refractivity contribution in [3.05, 3.63) is 95.3 Å². The summed E-state index contributed by atoms with van der Waals surface area (Å²) >= 11 is 0. The van der Waals surface area contributed by atoms with Gasteiger partial charge in [-0.1, -0.05) is 70.2 Å². The lowest BCUT2D eigenvalue weighted by molar-refractivity contribution is -0.137. The number of aromatic nitrogens is 3. The molecular formula is C42H38N6O8. The molecule has 14 heteroatoms. The monoisotopic (exact) mass is 754 g/mol. The Morgan fingerprint density at radius 2 is 1.80 bits per heavy atom. The van der Waals surface area contributed by atoms with Crippen LogP contribution < -0.4 is 20.7 Å². The standard InChI is InChI=1S/C42H38N6O8/c1-18(2)31-39-47-33-35(56-39)42-24-10-6-9-22(21-8-7-11-26-30(21)23(16-43-26)29-17-44-38(33)53-29)32(24)48-40(42)54-28-13-12-20(14-25(28)42)15-27(36(49)46-31)45-37(50)34(19(3)4)55-41(51)52-5/h6-14,16-19,27,31,34,40,43,48H,15H2,1-5H3,(H,45,50)(H,46,49)/t27-,31-,34-,40?,42?/m0/s1. The summed E-state index contributed by atoms with van der Waals surface area (Å²) in [6.45, 7) is 7.38. The first-order valence-electron chi connectivity index (χ1n) is 18.7. The maximum absolute atomic E-state index is 14.4. The molecule has 7 heterocycles. The lowest BCUT2D eigenvalue weighted by Gasteiger charge is -2.29. The summed E-state index contributed by atoms with van der Waals surface area (Å²) in [5, 5.41) is 10.7. The number of benzene rings is 3. The molecule has 0 aliphatic carbocycles. The van der Waals surface area contributed by atoms with Gasteiger partial charge in [0, 0.05) is 51.5 Å². The molecule has 6 aromatic rings. The number of anilines is 1. The second-order valence-electron chi connectivity index (χ2n) is 15.4. The molecule has 0 saturated carbocycles. The van der Waals surface area contributed by atoms with Crippen LogP contribution in [0.2, 0.25) is 0 Å². The Morgan fingerprint density at radius 3 is 2.61 bits per heavy atom. The first-order chi connectivity index (χ1) is 27.1. The molecule has 284 valence electrons. The van der Waals surface area contributed by atoms with Crippen molar-refractivity contribution in [2.24, 2.45) is 11.8 Å². The molecule has 10 bridgehead atoms. The van der Waals surface area contributed by atoms with E-state index in [0.29, 0.717) is 23.0 Å². The Labute approximate surface area is 320 Å². The highest BCUT2D eigenvalue weighted by Gasteiger charge is 2.61. The number of carbonyl (C=O) groups excluding carboxylic acids is 3. The topological polar surface area (TPSA) is 183 Å². The SMILES string of the molecule is COC(=O)O[C@H](C(=O)N[C@H]1Cc2ccc3c(c2)C24c5cccc(c5NC2O3)-c2cccc3[nH]cc(c23)-c2cnc(o2)-c2nc(oc24)[C@H](C(C)C)NC1=O)C(C)C. The van der Waals surface area contributed by atoms with Crippen LogP contribution in [0.15, 0.2) is 75.8 Å². The smallest absolute Gasteiger partial charge is 0.469 e. The van der Waals surface area contributed by atoms with E-state index in [2.05, 4.69) is 43.9 Å². The predicted octanol–water partition coefficient (Wildman–Crippen LogP) is 6.60. The molecule has 0 fully saturated rings. The number of amides is 2.